The highest BCUT2D eigenvalue weighted by Crippen LogP contribution is 2.30. The average molecular weight is 238 g/mol. The van der Waals surface area contributed by atoms with Crippen LogP contribution in [0.5, 0.6) is 0 Å². The molecule has 0 fully saturated rings. The Hall–Kier alpha value is -2.06. The molecule has 2 aromatic carbocycles. The summed E-state index contributed by atoms with van der Waals surface area (Å²) in [6.45, 7) is 2.02. The summed E-state index contributed by atoms with van der Waals surface area (Å²) >= 11 is 0. The minimum absolute atomic E-state index is 0.645. The summed E-state index contributed by atoms with van der Waals surface area (Å²) in [5.41, 5.74) is 3.65. The first-order valence-corrected chi connectivity index (χ1v) is 5.96. The predicted octanol–water partition coefficient (Wildman–Crippen LogP) is 3.82. The van der Waals surface area contributed by atoms with Gasteiger partial charge in [-0.1, -0.05) is 48.0 Å². The van der Waals surface area contributed by atoms with Crippen molar-refractivity contribution in [2.45, 2.75) is 13.0 Å². The van der Waals surface area contributed by atoms with Crippen LogP contribution in [0.2, 0.25) is 0 Å². The molecule has 2 heteroatoms. The van der Waals surface area contributed by atoms with Crippen LogP contribution in [0.25, 0.3) is 11.0 Å². The van der Waals surface area contributed by atoms with Crippen molar-refractivity contribution in [3.05, 3.63) is 71.5 Å². The smallest absolute Gasteiger partial charge is 0.134 e. The van der Waals surface area contributed by atoms with Crippen LogP contribution in [0.15, 0.2) is 59.2 Å². The van der Waals surface area contributed by atoms with Gasteiger partial charge in [-0.3, -0.25) is 0 Å². The van der Waals surface area contributed by atoms with Gasteiger partial charge in [-0.05, 0) is 18.6 Å². The molecule has 0 aliphatic rings. The van der Waals surface area contributed by atoms with E-state index in [4.69, 9.17) is 4.42 Å². The molecule has 0 spiro atoms. The summed E-state index contributed by atoms with van der Waals surface area (Å²) in [5.74, 6) is 0. The van der Waals surface area contributed by atoms with Gasteiger partial charge in [0.1, 0.15) is 11.7 Å². The summed E-state index contributed by atoms with van der Waals surface area (Å²) in [4.78, 5) is 0. The number of para-hydroxylation sites is 1. The second-order valence-corrected chi connectivity index (χ2v) is 4.50. The van der Waals surface area contributed by atoms with Crippen LogP contribution in [0, 0.1) is 6.92 Å². The van der Waals surface area contributed by atoms with E-state index in [0.29, 0.717) is 0 Å². The van der Waals surface area contributed by atoms with Crippen LogP contribution in [-0.2, 0) is 0 Å². The summed E-state index contributed by atoms with van der Waals surface area (Å²) < 4.78 is 5.46. The fourth-order valence-electron chi connectivity index (χ4n) is 2.23. The lowest BCUT2D eigenvalue weighted by molar-refractivity contribution is 0.220. The van der Waals surface area contributed by atoms with Crippen LogP contribution >= 0.6 is 0 Å². The van der Waals surface area contributed by atoms with Gasteiger partial charge in [0.15, 0.2) is 0 Å². The zero-order chi connectivity index (χ0) is 12.5. The van der Waals surface area contributed by atoms with Crippen LogP contribution in [0.4, 0.5) is 0 Å². The van der Waals surface area contributed by atoms with Gasteiger partial charge in [0.25, 0.3) is 0 Å². The van der Waals surface area contributed by atoms with Gasteiger partial charge < -0.3 is 9.52 Å². The summed E-state index contributed by atoms with van der Waals surface area (Å²) in [6, 6.07) is 15.6. The van der Waals surface area contributed by atoms with Gasteiger partial charge in [-0.25, -0.2) is 0 Å². The predicted molar refractivity (Wildman–Crippen MR) is 71.5 cm³/mol. The van der Waals surface area contributed by atoms with Gasteiger partial charge in [0, 0.05) is 10.9 Å². The maximum Gasteiger partial charge on any atom is 0.134 e. The molecule has 1 atom stereocenters. The number of hydrogen-bond donors (Lipinski definition) is 1. The third-order valence-corrected chi connectivity index (χ3v) is 3.16. The molecular weight excluding hydrogens is 224 g/mol. The second-order valence-electron chi connectivity index (χ2n) is 4.50. The minimum atomic E-state index is -0.645. The molecule has 1 heterocycles. The molecule has 0 bridgehead atoms. The number of aliphatic hydroxyl groups excluding tert-OH is 1. The Labute approximate surface area is 105 Å². The van der Waals surface area contributed by atoms with E-state index < -0.39 is 6.10 Å². The molecule has 0 radical (unpaired) electrons. The summed E-state index contributed by atoms with van der Waals surface area (Å²) in [6.07, 6.45) is 0.992. The molecule has 90 valence electrons. The molecule has 1 unspecified atom stereocenters. The number of fused-ring (bicyclic) bond motifs is 1. The molecule has 3 rings (SSSR count). The van der Waals surface area contributed by atoms with Crippen LogP contribution in [0.1, 0.15) is 22.8 Å². The van der Waals surface area contributed by atoms with Gasteiger partial charge in [-0.2, -0.15) is 0 Å². The van der Waals surface area contributed by atoms with Crippen LogP contribution in [0.3, 0.4) is 0 Å². The molecule has 0 saturated carbocycles. The summed E-state index contributed by atoms with van der Waals surface area (Å²) in [5, 5.41) is 11.4. The third kappa shape index (κ3) is 1.81. The standard InChI is InChI=1S/C16H14O2/c1-11-5-4-6-12(9-11)16(17)14-10-18-15-8-3-2-7-13(14)15/h2-10,16-17H,1H3. The lowest BCUT2D eigenvalue weighted by Crippen LogP contribution is -1.98. The largest absolute Gasteiger partial charge is 0.464 e. The van der Waals surface area contributed by atoms with Gasteiger partial charge in [-0.15, -0.1) is 0 Å². The molecule has 18 heavy (non-hydrogen) atoms. The molecule has 0 aliphatic heterocycles. The number of rotatable bonds is 2. The number of benzene rings is 2. The normalized spacial score (nSPS) is 12.8. The van der Waals surface area contributed by atoms with Crippen molar-refractivity contribution >= 4 is 11.0 Å². The topological polar surface area (TPSA) is 33.4 Å². The quantitative estimate of drug-likeness (QED) is 0.736. The first kappa shape index (κ1) is 11.1. The van der Waals surface area contributed by atoms with E-state index in [1.54, 1.807) is 6.26 Å². The van der Waals surface area contributed by atoms with Crippen molar-refractivity contribution in [1.82, 2.24) is 0 Å². The zero-order valence-electron chi connectivity index (χ0n) is 10.1. The molecule has 1 N–H and O–H groups in total. The zero-order valence-corrected chi connectivity index (χ0v) is 10.1. The van der Waals surface area contributed by atoms with E-state index in [0.717, 1.165) is 27.7 Å². The van der Waals surface area contributed by atoms with Gasteiger partial charge in [0.2, 0.25) is 0 Å². The highest BCUT2D eigenvalue weighted by molar-refractivity contribution is 5.81. The lowest BCUT2D eigenvalue weighted by Gasteiger charge is -2.10. The molecular formula is C16H14O2. The van der Waals surface area contributed by atoms with E-state index in [-0.39, 0.29) is 0 Å². The number of hydrogen-bond acceptors (Lipinski definition) is 2. The molecule has 0 amide bonds. The van der Waals surface area contributed by atoms with Crippen molar-refractivity contribution < 1.29 is 9.52 Å². The monoisotopic (exact) mass is 238 g/mol. The SMILES string of the molecule is Cc1cccc(C(O)c2coc3ccccc23)c1. The van der Waals surface area contributed by atoms with Crippen LogP contribution in [-0.4, -0.2) is 5.11 Å². The van der Waals surface area contributed by atoms with Crippen molar-refractivity contribution in [2.24, 2.45) is 0 Å². The Kier molecular flexibility index (Phi) is 2.65. The second kappa shape index (κ2) is 4.31. The van der Waals surface area contributed by atoms with Crippen molar-refractivity contribution in [2.75, 3.05) is 0 Å². The van der Waals surface area contributed by atoms with Crippen molar-refractivity contribution in [3.63, 3.8) is 0 Å². The highest BCUT2D eigenvalue weighted by atomic mass is 16.3. The van der Waals surface area contributed by atoms with Crippen molar-refractivity contribution in [1.29, 1.82) is 0 Å². The molecule has 1 aromatic heterocycles. The Morgan fingerprint density at radius 1 is 1.06 bits per heavy atom. The first-order valence-electron chi connectivity index (χ1n) is 5.96. The van der Waals surface area contributed by atoms with E-state index in [2.05, 4.69) is 0 Å². The highest BCUT2D eigenvalue weighted by Gasteiger charge is 2.16. The number of aryl methyl sites for hydroxylation is 1. The van der Waals surface area contributed by atoms with Crippen molar-refractivity contribution in [3.8, 4) is 0 Å². The molecule has 0 saturated heterocycles. The number of furan rings is 1. The van der Waals surface area contributed by atoms with Crippen LogP contribution < -0.4 is 0 Å². The lowest BCUT2D eigenvalue weighted by atomic mass is 10.00. The molecule has 2 nitrogen and oxygen atoms in total. The maximum atomic E-state index is 10.4. The summed E-state index contributed by atoms with van der Waals surface area (Å²) in [7, 11) is 0. The Morgan fingerprint density at radius 2 is 1.89 bits per heavy atom. The average Bonchev–Trinajstić information content (AvgIpc) is 2.82. The molecule has 3 aromatic rings. The van der Waals surface area contributed by atoms with E-state index in [9.17, 15) is 5.11 Å². The van der Waals surface area contributed by atoms with E-state index in [1.807, 2.05) is 55.5 Å². The van der Waals surface area contributed by atoms with E-state index >= 15 is 0 Å². The van der Waals surface area contributed by atoms with E-state index in [1.165, 1.54) is 0 Å². The Bertz CT molecular complexity index is 682. The fourth-order valence-corrected chi connectivity index (χ4v) is 2.23. The van der Waals surface area contributed by atoms with Gasteiger partial charge >= 0.3 is 0 Å². The molecule has 0 aliphatic carbocycles. The minimum Gasteiger partial charge on any atom is -0.464 e. The Balaban J connectivity index is 2.09. The third-order valence-electron chi connectivity index (χ3n) is 3.16. The Morgan fingerprint density at radius 3 is 2.72 bits per heavy atom. The number of aliphatic hydroxyl groups is 1. The van der Waals surface area contributed by atoms with Gasteiger partial charge in [0.05, 0.1) is 6.26 Å². The first-order chi connectivity index (χ1) is 8.75. The fraction of sp³-hybridized carbons (Fsp3) is 0.125. The maximum absolute atomic E-state index is 10.4.